The van der Waals surface area contributed by atoms with Crippen LogP contribution in [-0.2, 0) is 4.79 Å². The molecule has 1 amide bonds. The van der Waals surface area contributed by atoms with Gasteiger partial charge in [0.15, 0.2) is 0 Å². The molecule has 0 unspecified atom stereocenters. The maximum absolute atomic E-state index is 10.7. The van der Waals surface area contributed by atoms with E-state index in [1.54, 1.807) is 0 Å². The molecule has 1 rings (SSSR count). The van der Waals surface area contributed by atoms with Gasteiger partial charge in [-0.15, -0.1) is 0 Å². The summed E-state index contributed by atoms with van der Waals surface area (Å²) < 4.78 is 1.06. The summed E-state index contributed by atoms with van der Waals surface area (Å²) in [5.74, 6) is -0.326. The van der Waals surface area contributed by atoms with Crippen LogP contribution in [0.4, 0.5) is 5.69 Å². The lowest BCUT2D eigenvalue weighted by molar-refractivity contribution is -0.116. The van der Waals surface area contributed by atoms with Crippen molar-refractivity contribution in [2.24, 2.45) is 5.73 Å². The molecule has 0 fully saturated rings. The molecule has 0 saturated heterocycles. The molecule has 14 heavy (non-hydrogen) atoms. The maximum atomic E-state index is 10.7. The van der Waals surface area contributed by atoms with Gasteiger partial charge in [-0.2, -0.15) is 0 Å². The second kappa shape index (κ2) is 4.46. The first kappa shape index (κ1) is 11.0. The normalized spacial score (nSPS) is 9.93. The number of amides is 1. The Morgan fingerprint density at radius 1 is 1.57 bits per heavy atom. The molecule has 0 saturated carbocycles. The number of rotatable bonds is 3. The molecule has 0 spiro atoms. The summed E-state index contributed by atoms with van der Waals surface area (Å²) in [5, 5.41) is 0. The number of carbonyl (C=O) groups excluding carboxylic acids is 1. The van der Waals surface area contributed by atoms with Crippen LogP contribution < -0.4 is 10.6 Å². The Hall–Kier alpha value is -1.03. The second-order valence-corrected chi connectivity index (χ2v) is 4.11. The van der Waals surface area contributed by atoms with Crippen molar-refractivity contribution in [1.82, 2.24) is 0 Å². The van der Waals surface area contributed by atoms with Gasteiger partial charge in [0, 0.05) is 17.2 Å². The van der Waals surface area contributed by atoms with Crippen LogP contribution in [0.1, 0.15) is 5.56 Å². The average Bonchev–Trinajstić information content (AvgIpc) is 2.08. The third-order valence-corrected chi connectivity index (χ3v) is 2.87. The Labute approximate surface area is 92.0 Å². The van der Waals surface area contributed by atoms with E-state index >= 15 is 0 Å². The van der Waals surface area contributed by atoms with Crippen LogP contribution >= 0.6 is 15.9 Å². The van der Waals surface area contributed by atoms with Crippen molar-refractivity contribution in [2.75, 3.05) is 18.5 Å². The minimum atomic E-state index is -0.326. The van der Waals surface area contributed by atoms with Crippen LogP contribution in [0.5, 0.6) is 0 Å². The van der Waals surface area contributed by atoms with Gasteiger partial charge in [-0.25, -0.2) is 0 Å². The van der Waals surface area contributed by atoms with E-state index in [0.717, 1.165) is 15.7 Å². The van der Waals surface area contributed by atoms with E-state index in [2.05, 4.69) is 15.9 Å². The summed E-state index contributed by atoms with van der Waals surface area (Å²) in [7, 11) is 1.84. The van der Waals surface area contributed by atoms with Crippen molar-refractivity contribution in [2.45, 2.75) is 6.92 Å². The van der Waals surface area contributed by atoms with Crippen molar-refractivity contribution in [3.8, 4) is 0 Å². The number of halogens is 1. The largest absolute Gasteiger partial charge is 0.368 e. The molecule has 0 aliphatic rings. The van der Waals surface area contributed by atoms with Crippen LogP contribution in [0.3, 0.4) is 0 Å². The van der Waals surface area contributed by atoms with Gasteiger partial charge in [-0.3, -0.25) is 4.79 Å². The van der Waals surface area contributed by atoms with Crippen LogP contribution in [-0.4, -0.2) is 19.5 Å². The van der Waals surface area contributed by atoms with Crippen LogP contribution in [0, 0.1) is 6.92 Å². The zero-order valence-corrected chi connectivity index (χ0v) is 9.84. The van der Waals surface area contributed by atoms with E-state index < -0.39 is 0 Å². The standard InChI is InChI=1S/C10H13BrN2O/c1-7-5-8(3-4-9(7)11)13(2)6-10(12)14/h3-5H,6H2,1-2H3,(H2,12,14). The predicted molar refractivity (Wildman–Crippen MR) is 61.3 cm³/mol. The summed E-state index contributed by atoms with van der Waals surface area (Å²) in [6.45, 7) is 2.24. The van der Waals surface area contributed by atoms with E-state index in [1.807, 2.05) is 37.1 Å². The first-order chi connectivity index (χ1) is 6.50. The highest BCUT2D eigenvalue weighted by molar-refractivity contribution is 9.10. The molecule has 2 N–H and O–H groups in total. The molecule has 0 aromatic heterocycles. The summed E-state index contributed by atoms with van der Waals surface area (Å²) in [4.78, 5) is 12.5. The monoisotopic (exact) mass is 256 g/mol. The highest BCUT2D eigenvalue weighted by Gasteiger charge is 2.04. The molecule has 4 heteroatoms. The summed E-state index contributed by atoms with van der Waals surface area (Å²) >= 11 is 3.42. The smallest absolute Gasteiger partial charge is 0.236 e. The molecule has 1 aromatic carbocycles. The third kappa shape index (κ3) is 2.73. The molecular formula is C10H13BrN2O. The van der Waals surface area contributed by atoms with E-state index in [0.29, 0.717) is 0 Å². The van der Waals surface area contributed by atoms with Crippen molar-refractivity contribution in [3.63, 3.8) is 0 Å². The Morgan fingerprint density at radius 2 is 2.21 bits per heavy atom. The zero-order valence-electron chi connectivity index (χ0n) is 8.25. The summed E-state index contributed by atoms with van der Waals surface area (Å²) in [6, 6.07) is 5.91. The van der Waals surface area contributed by atoms with Gasteiger partial charge in [0.2, 0.25) is 5.91 Å². The molecular weight excluding hydrogens is 244 g/mol. The number of benzene rings is 1. The van der Waals surface area contributed by atoms with Crippen molar-refractivity contribution >= 4 is 27.5 Å². The number of hydrogen-bond donors (Lipinski definition) is 1. The fraction of sp³-hybridized carbons (Fsp3) is 0.300. The highest BCUT2D eigenvalue weighted by atomic mass is 79.9. The van der Waals surface area contributed by atoms with Crippen LogP contribution in [0.2, 0.25) is 0 Å². The van der Waals surface area contributed by atoms with Gasteiger partial charge in [0.1, 0.15) is 0 Å². The number of hydrogen-bond acceptors (Lipinski definition) is 2. The topological polar surface area (TPSA) is 46.3 Å². The molecule has 0 bridgehead atoms. The lowest BCUT2D eigenvalue weighted by Gasteiger charge is -2.17. The van der Waals surface area contributed by atoms with Crippen molar-refractivity contribution in [3.05, 3.63) is 28.2 Å². The molecule has 76 valence electrons. The molecule has 0 radical (unpaired) electrons. The molecule has 0 aliphatic heterocycles. The van der Waals surface area contributed by atoms with E-state index in [9.17, 15) is 4.79 Å². The number of likely N-dealkylation sites (N-methyl/N-ethyl adjacent to an activating group) is 1. The van der Waals surface area contributed by atoms with Gasteiger partial charge in [0.05, 0.1) is 6.54 Å². The fourth-order valence-electron chi connectivity index (χ4n) is 1.19. The van der Waals surface area contributed by atoms with Gasteiger partial charge in [-0.05, 0) is 30.7 Å². The zero-order chi connectivity index (χ0) is 10.7. The minimum Gasteiger partial charge on any atom is -0.368 e. The summed E-state index contributed by atoms with van der Waals surface area (Å²) in [5.41, 5.74) is 7.24. The van der Waals surface area contributed by atoms with Crippen LogP contribution in [0.15, 0.2) is 22.7 Å². The van der Waals surface area contributed by atoms with E-state index in [-0.39, 0.29) is 12.5 Å². The Balaban J connectivity index is 2.85. The predicted octanol–water partition coefficient (Wildman–Crippen LogP) is 1.68. The number of nitrogens with zero attached hydrogens (tertiary/aromatic N) is 1. The molecule has 0 aliphatic carbocycles. The molecule has 3 nitrogen and oxygen atoms in total. The SMILES string of the molecule is Cc1cc(N(C)CC(N)=O)ccc1Br. The van der Waals surface area contributed by atoms with Gasteiger partial charge in [-0.1, -0.05) is 15.9 Å². The van der Waals surface area contributed by atoms with Gasteiger partial charge >= 0.3 is 0 Å². The maximum Gasteiger partial charge on any atom is 0.236 e. The Morgan fingerprint density at radius 3 is 2.71 bits per heavy atom. The van der Waals surface area contributed by atoms with Crippen LogP contribution in [0.25, 0.3) is 0 Å². The lowest BCUT2D eigenvalue weighted by Crippen LogP contribution is -2.30. The molecule has 0 atom stereocenters. The molecule has 0 heterocycles. The first-order valence-electron chi connectivity index (χ1n) is 4.26. The van der Waals surface area contributed by atoms with Gasteiger partial charge < -0.3 is 10.6 Å². The number of anilines is 1. The summed E-state index contributed by atoms with van der Waals surface area (Å²) in [6.07, 6.45) is 0. The number of carbonyl (C=O) groups is 1. The van der Waals surface area contributed by atoms with Crippen molar-refractivity contribution in [1.29, 1.82) is 0 Å². The third-order valence-electron chi connectivity index (χ3n) is 1.98. The van der Waals surface area contributed by atoms with Crippen molar-refractivity contribution < 1.29 is 4.79 Å². The lowest BCUT2D eigenvalue weighted by atomic mass is 10.2. The number of nitrogens with two attached hydrogens (primary N) is 1. The fourth-order valence-corrected chi connectivity index (χ4v) is 1.44. The highest BCUT2D eigenvalue weighted by Crippen LogP contribution is 2.21. The first-order valence-corrected chi connectivity index (χ1v) is 5.05. The second-order valence-electron chi connectivity index (χ2n) is 3.26. The number of aryl methyl sites for hydroxylation is 1. The Kier molecular flexibility index (Phi) is 3.52. The minimum absolute atomic E-state index is 0.237. The van der Waals surface area contributed by atoms with E-state index in [4.69, 9.17) is 5.73 Å². The Bertz CT molecular complexity index is 352. The average molecular weight is 257 g/mol. The van der Waals surface area contributed by atoms with E-state index in [1.165, 1.54) is 0 Å². The number of primary amides is 1. The quantitative estimate of drug-likeness (QED) is 0.895. The molecule has 1 aromatic rings. The van der Waals surface area contributed by atoms with Gasteiger partial charge in [0.25, 0.3) is 0 Å².